The van der Waals surface area contributed by atoms with Crippen molar-refractivity contribution in [2.75, 3.05) is 16.0 Å². The molecule has 1 aromatic heterocycles. The average Bonchev–Trinajstić information content (AvgIpc) is 2.95. The smallest absolute Gasteiger partial charge is 0.321 e. The molecule has 132 valence electrons. The van der Waals surface area contributed by atoms with Crippen LogP contribution in [0.25, 0.3) is 0 Å². The number of hydrogen-bond acceptors (Lipinski definition) is 5. The van der Waals surface area contributed by atoms with Crippen LogP contribution in [0.5, 0.6) is 0 Å². The molecular formula is C19H18N4O2S. The van der Waals surface area contributed by atoms with Crippen LogP contribution < -0.4 is 16.0 Å². The van der Waals surface area contributed by atoms with Gasteiger partial charge in [0.2, 0.25) is 0 Å². The quantitative estimate of drug-likeness (QED) is 0.547. The number of carbonyl (C=O) groups is 2. The molecule has 3 aromatic rings. The summed E-state index contributed by atoms with van der Waals surface area (Å²) in [4.78, 5) is 32.0. The molecule has 0 spiro atoms. The Morgan fingerprint density at radius 2 is 1.62 bits per heavy atom. The molecule has 0 radical (unpaired) electrons. The average molecular weight is 366 g/mol. The van der Waals surface area contributed by atoms with Gasteiger partial charge in [0.25, 0.3) is 0 Å². The van der Waals surface area contributed by atoms with E-state index in [1.54, 1.807) is 48.5 Å². The molecule has 3 rings (SSSR count). The number of thiazole rings is 1. The molecule has 6 nitrogen and oxygen atoms in total. The largest absolute Gasteiger partial charge is 0.399 e. The molecule has 0 fully saturated rings. The van der Waals surface area contributed by atoms with Gasteiger partial charge in [-0.2, -0.15) is 0 Å². The summed E-state index contributed by atoms with van der Waals surface area (Å²) < 4.78 is 0. The van der Waals surface area contributed by atoms with Crippen molar-refractivity contribution in [2.45, 2.75) is 13.8 Å². The van der Waals surface area contributed by atoms with E-state index in [1.165, 1.54) is 16.2 Å². The third-order valence-corrected chi connectivity index (χ3v) is 4.80. The van der Waals surface area contributed by atoms with E-state index in [4.69, 9.17) is 5.73 Å². The number of nitrogen functional groups attached to an aromatic ring is 1. The third-order valence-electron chi connectivity index (χ3n) is 3.81. The Hall–Kier alpha value is -3.19. The van der Waals surface area contributed by atoms with Crippen molar-refractivity contribution >= 4 is 45.3 Å². The predicted octanol–water partition coefficient (Wildman–Crippen LogP) is 3.65. The SMILES string of the molecule is Cc1nc(NC(=O)C(=O)N(c2ccccc2)c2ccc(N)cc2)sc1C. The minimum atomic E-state index is -0.751. The zero-order chi connectivity index (χ0) is 18.7. The number of anilines is 4. The number of amides is 2. The van der Waals surface area contributed by atoms with E-state index >= 15 is 0 Å². The Bertz CT molecular complexity index is 916. The third kappa shape index (κ3) is 3.73. The Morgan fingerprint density at radius 1 is 1.00 bits per heavy atom. The number of nitrogens with one attached hydrogen (secondary N) is 1. The Morgan fingerprint density at radius 3 is 2.19 bits per heavy atom. The number of aromatic nitrogens is 1. The number of para-hydroxylation sites is 1. The van der Waals surface area contributed by atoms with Gasteiger partial charge in [0.15, 0.2) is 5.13 Å². The van der Waals surface area contributed by atoms with Crippen molar-refractivity contribution in [1.82, 2.24) is 4.98 Å². The molecule has 0 aliphatic rings. The number of benzene rings is 2. The number of hydrogen-bond donors (Lipinski definition) is 2. The second-order valence-electron chi connectivity index (χ2n) is 5.68. The fraction of sp³-hybridized carbons (Fsp3) is 0.105. The van der Waals surface area contributed by atoms with E-state index < -0.39 is 11.8 Å². The highest BCUT2D eigenvalue weighted by Crippen LogP contribution is 2.27. The minimum Gasteiger partial charge on any atom is -0.399 e. The lowest BCUT2D eigenvalue weighted by molar-refractivity contribution is -0.134. The fourth-order valence-electron chi connectivity index (χ4n) is 2.36. The molecule has 0 saturated heterocycles. The number of aryl methyl sites for hydroxylation is 2. The van der Waals surface area contributed by atoms with Crippen LogP contribution in [0.1, 0.15) is 10.6 Å². The van der Waals surface area contributed by atoms with E-state index in [0.717, 1.165) is 10.6 Å². The van der Waals surface area contributed by atoms with E-state index in [9.17, 15) is 9.59 Å². The lowest BCUT2D eigenvalue weighted by Gasteiger charge is -2.22. The molecule has 0 atom stereocenters. The summed E-state index contributed by atoms with van der Waals surface area (Å²) in [5, 5.41) is 2.99. The van der Waals surface area contributed by atoms with Gasteiger partial charge in [-0.1, -0.05) is 18.2 Å². The zero-order valence-electron chi connectivity index (χ0n) is 14.4. The van der Waals surface area contributed by atoms with Gasteiger partial charge in [-0.3, -0.25) is 19.8 Å². The van der Waals surface area contributed by atoms with Crippen molar-refractivity contribution in [1.29, 1.82) is 0 Å². The summed E-state index contributed by atoms with van der Waals surface area (Å²) in [6.07, 6.45) is 0. The van der Waals surface area contributed by atoms with Gasteiger partial charge in [-0.05, 0) is 50.2 Å². The first-order chi connectivity index (χ1) is 12.5. The molecule has 0 bridgehead atoms. The molecule has 3 N–H and O–H groups in total. The fourth-order valence-corrected chi connectivity index (χ4v) is 3.17. The molecule has 1 heterocycles. The molecule has 2 amide bonds. The van der Waals surface area contributed by atoms with Gasteiger partial charge in [0.05, 0.1) is 5.69 Å². The van der Waals surface area contributed by atoms with Crippen LogP contribution in [0.3, 0.4) is 0 Å². The maximum absolute atomic E-state index is 12.9. The maximum atomic E-state index is 12.9. The van der Waals surface area contributed by atoms with Gasteiger partial charge in [0, 0.05) is 21.9 Å². The van der Waals surface area contributed by atoms with Gasteiger partial charge < -0.3 is 5.73 Å². The van der Waals surface area contributed by atoms with Crippen molar-refractivity contribution in [3.05, 3.63) is 65.2 Å². The second-order valence-corrected chi connectivity index (χ2v) is 6.89. The van der Waals surface area contributed by atoms with Crippen LogP contribution in [0.15, 0.2) is 54.6 Å². The van der Waals surface area contributed by atoms with Crippen LogP contribution in [-0.4, -0.2) is 16.8 Å². The van der Waals surface area contributed by atoms with E-state index in [1.807, 2.05) is 19.9 Å². The van der Waals surface area contributed by atoms with Crippen LogP contribution in [0.2, 0.25) is 0 Å². The van der Waals surface area contributed by atoms with Crippen molar-refractivity contribution in [3.8, 4) is 0 Å². The van der Waals surface area contributed by atoms with Crippen LogP contribution in [0.4, 0.5) is 22.2 Å². The second kappa shape index (κ2) is 7.37. The summed E-state index contributed by atoms with van der Waals surface area (Å²) in [6, 6.07) is 15.7. The van der Waals surface area contributed by atoms with Crippen molar-refractivity contribution in [3.63, 3.8) is 0 Å². The number of carbonyl (C=O) groups excluding carboxylic acids is 2. The molecule has 0 aliphatic carbocycles. The summed E-state index contributed by atoms with van der Waals surface area (Å²) in [5.74, 6) is -1.45. The highest BCUT2D eigenvalue weighted by molar-refractivity contribution is 7.15. The molecule has 0 aliphatic heterocycles. The maximum Gasteiger partial charge on any atom is 0.321 e. The monoisotopic (exact) mass is 366 g/mol. The summed E-state index contributed by atoms with van der Waals surface area (Å²) >= 11 is 1.34. The van der Waals surface area contributed by atoms with Crippen molar-refractivity contribution < 1.29 is 9.59 Å². The molecule has 7 heteroatoms. The first kappa shape index (κ1) is 17.6. The summed E-state index contributed by atoms with van der Waals surface area (Å²) in [6.45, 7) is 3.77. The van der Waals surface area contributed by atoms with E-state index in [2.05, 4.69) is 10.3 Å². The molecule has 2 aromatic carbocycles. The zero-order valence-corrected chi connectivity index (χ0v) is 15.2. The first-order valence-electron chi connectivity index (χ1n) is 7.96. The molecular weight excluding hydrogens is 348 g/mol. The number of rotatable bonds is 3. The molecule has 26 heavy (non-hydrogen) atoms. The molecule has 0 unspecified atom stereocenters. The number of nitrogens with two attached hydrogens (primary N) is 1. The topological polar surface area (TPSA) is 88.3 Å². The normalized spacial score (nSPS) is 10.4. The Labute approximate surface area is 155 Å². The summed E-state index contributed by atoms with van der Waals surface area (Å²) in [7, 11) is 0. The lowest BCUT2D eigenvalue weighted by atomic mass is 10.2. The first-order valence-corrected chi connectivity index (χ1v) is 8.77. The van der Waals surface area contributed by atoms with Gasteiger partial charge in [-0.15, -0.1) is 11.3 Å². The molecule has 0 saturated carbocycles. The number of nitrogens with zero attached hydrogens (tertiary/aromatic N) is 2. The standard InChI is InChI=1S/C19H18N4O2S/c1-12-13(2)26-19(21-12)22-17(24)18(25)23(15-6-4-3-5-7-15)16-10-8-14(20)9-11-16/h3-11H,20H2,1-2H3,(H,21,22,24). The van der Waals surface area contributed by atoms with Gasteiger partial charge in [0.1, 0.15) is 0 Å². The van der Waals surface area contributed by atoms with E-state index in [0.29, 0.717) is 22.2 Å². The predicted molar refractivity (Wildman–Crippen MR) is 105 cm³/mol. The Kier molecular flexibility index (Phi) is 4.99. The van der Waals surface area contributed by atoms with Crippen LogP contribution in [0, 0.1) is 13.8 Å². The highest BCUT2D eigenvalue weighted by atomic mass is 32.1. The van der Waals surface area contributed by atoms with Gasteiger partial charge in [-0.25, -0.2) is 4.98 Å². The highest BCUT2D eigenvalue weighted by Gasteiger charge is 2.26. The summed E-state index contributed by atoms with van der Waals surface area (Å²) in [5.41, 5.74) is 8.28. The van der Waals surface area contributed by atoms with Crippen LogP contribution in [-0.2, 0) is 9.59 Å². The van der Waals surface area contributed by atoms with Crippen LogP contribution >= 0.6 is 11.3 Å². The Balaban J connectivity index is 1.91. The van der Waals surface area contributed by atoms with E-state index in [-0.39, 0.29) is 0 Å². The van der Waals surface area contributed by atoms with Gasteiger partial charge >= 0.3 is 11.8 Å². The lowest BCUT2D eigenvalue weighted by Crippen LogP contribution is -2.36. The minimum absolute atomic E-state index is 0.406. The van der Waals surface area contributed by atoms with Crippen molar-refractivity contribution in [2.24, 2.45) is 0 Å².